The van der Waals surface area contributed by atoms with E-state index < -0.39 is 0 Å². The molecule has 23 heavy (non-hydrogen) atoms. The van der Waals surface area contributed by atoms with Crippen LogP contribution in [0, 0.1) is 0 Å². The lowest BCUT2D eigenvalue weighted by molar-refractivity contribution is -0.117. The van der Waals surface area contributed by atoms with Gasteiger partial charge in [0.25, 0.3) is 0 Å². The first kappa shape index (κ1) is 16.6. The van der Waals surface area contributed by atoms with Crippen molar-refractivity contribution in [2.75, 3.05) is 14.2 Å². The summed E-state index contributed by atoms with van der Waals surface area (Å²) >= 11 is 0. The zero-order valence-electron chi connectivity index (χ0n) is 13.6. The Hall–Kier alpha value is -2.75. The fourth-order valence-electron chi connectivity index (χ4n) is 2.25. The summed E-state index contributed by atoms with van der Waals surface area (Å²) in [7, 11) is 3.21. The van der Waals surface area contributed by atoms with Crippen molar-refractivity contribution in [2.45, 2.75) is 13.0 Å². The maximum Gasteiger partial charge on any atom is 0.244 e. The first-order valence-corrected chi connectivity index (χ1v) is 7.39. The number of benzene rings is 2. The van der Waals surface area contributed by atoms with Crippen LogP contribution in [0.5, 0.6) is 11.5 Å². The molecule has 0 bridgehead atoms. The smallest absolute Gasteiger partial charge is 0.244 e. The zero-order valence-corrected chi connectivity index (χ0v) is 13.6. The van der Waals surface area contributed by atoms with Crippen molar-refractivity contribution in [3.63, 3.8) is 0 Å². The van der Waals surface area contributed by atoms with Crippen LogP contribution in [0.1, 0.15) is 24.1 Å². The fraction of sp³-hybridized carbons (Fsp3) is 0.211. The van der Waals surface area contributed by atoms with Crippen LogP contribution in [0.4, 0.5) is 0 Å². The molecule has 2 rings (SSSR count). The van der Waals surface area contributed by atoms with Crippen molar-refractivity contribution in [1.29, 1.82) is 0 Å². The second-order valence-corrected chi connectivity index (χ2v) is 5.08. The van der Waals surface area contributed by atoms with Crippen LogP contribution in [0.3, 0.4) is 0 Å². The van der Waals surface area contributed by atoms with Crippen LogP contribution in [-0.2, 0) is 4.79 Å². The highest BCUT2D eigenvalue weighted by Gasteiger charge is 2.14. The summed E-state index contributed by atoms with van der Waals surface area (Å²) in [5.74, 6) is 1.28. The molecule has 120 valence electrons. The minimum absolute atomic E-state index is 0.161. The van der Waals surface area contributed by atoms with E-state index in [1.807, 2.05) is 55.5 Å². The summed E-state index contributed by atoms with van der Waals surface area (Å²) in [5.41, 5.74) is 1.85. The third kappa shape index (κ3) is 4.61. The molecule has 4 nitrogen and oxygen atoms in total. The van der Waals surface area contributed by atoms with Crippen LogP contribution in [0.15, 0.2) is 54.6 Å². The molecular weight excluding hydrogens is 290 g/mol. The Labute approximate surface area is 136 Å². The molecule has 1 atom stereocenters. The molecule has 2 aromatic rings. The Morgan fingerprint density at radius 1 is 1.09 bits per heavy atom. The van der Waals surface area contributed by atoms with Crippen molar-refractivity contribution >= 4 is 12.0 Å². The van der Waals surface area contributed by atoms with Crippen LogP contribution in [0.2, 0.25) is 0 Å². The molecule has 4 heteroatoms. The maximum atomic E-state index is 12.1. The Balaban J connectivity index is 2.07. The summed E-state index contributed by atoms with van der Waals surface area (Å²) in [6.07, 6.45) is 3.31. The number of hydrogen-bond acceptors (Lipinski definition) is 3. The molecule has 0 saturated heterocycles. The maximum absolute atomic E-state index is 12.1. The van der Waals surface area contributed by atoms with Gasteiger partial charge in [-0.15, -0.1) is 0 Å². The van der Waals surface area contributed by atoms with E-state index in [0.29, 0.717) is 5.75 Å². The van der Waals surface area contributed by atoms with Gasteiger partial charge in [0, 0.05) is 11.6 Å². The van der Waals surface area contributed by atoms with Gasteiger partial charge in [-0.1, -0.05) is 30.3 Å². The van der Waals surface area contributed by atoms with E-state index in [1.165, 1.54) is 6.08 Å². The van der Waals surface area contributed by atoms with Crippen LogP contribution < -0.4 is 14.8 Å². The molecule has 0 aromatic heterocycles. The predicted octanol–water partition coefficient (Wildman–Crippen LogP) is 3.59. The van der Waals surface area contributed by atoms with Gasteiger partial charge in [-0.2, -0.15) is 0 Å². The van der Waals surface area contributed by atoms with Gasteiger partial charge >= 0.3 is 0 Å². The molecule has 1 N–H and O–H groups in total. The molecule has 0 spiro atoms. The lowest BCUT2D eigenvalue weighted by Gasteiger charge is -2.17. The highest BCUT2D eigenvalue weighted by Crippen LogP contribution is 2.29. The number of amides is 1. The average Bonchev–Trinajstić information content (AvgIpc) is 2.60. The lowest BCUT2D eigenvalue weighted by atomic mass is 10.1. The van der Waals surface area contributed by atoms with Crippen molar-refractivity contribution in [1.82, 2.24) is 5.32 Å². The predicted molar refractivity (Wildman–Crippen MR) is 91.6 cm³/mol. The number of hydrogen-bond donors (Lipinski definition) is 1. The minimum Gasteiger partial charge on any atom is -0.497 e. The van der Waals surface area contributed by atoms with Crippen molar-refractivity contribution in [3.05, 3.63) is 65.7 Å². The Morgan fingerprint density at radius 3 is 2.48 bits per heavy atom. The average molecular weight is 311 g/mol. The molecule has 0 radical (unpaired) electrons. The monoisotopic (exact) mass is 311 g/mol. The van der Waals surface area contributed by atoms with Crippen LogP contribution >= 0.6 is 0 Å². The van der Waals surface area contributed by atoms with E-state index in [4.69, 9.17) is 9.47 Å². The van der Waals surface area contributed by atoms with E-state index in [2.05, 4.69) is 5.32 Å². The largest absolute Gasteiger partial charge is 0.497 e. The molecule has 0 heterocycles. The summed E-state index contributed by atoms with van der Waals surface area (Å²) in [6, 6.07) is 15.0. The molecule has 0 saturated carbocycles. The summed E-state index contributed by atoms with van der Waals surface area (Å²) < 4.78 is 10.6. The second kappa shape index (κ2) is 8.03. The minimum atomic E-state index is -0.201. The quantitative estimate of drug-likeness (QED) is 0.829. The normalized spacial score (nSPS) is 12.0. The number of ether oxygens (including phenoxy) is 2. The van der Waals surface area contributed by atoms with Gasteiger partial charge in [0.05, 0.1) is 20.3 Å². The molecule has 1 amide bonds. The highest BCUT2D eigenvalue weighted by molar-refractivity contribution is 5.92. The van der Waals surface area contributed by atoms with Gasteiger partial charge in [0.15, 0.2) is 0 Å². The first-order valence-electron chi connectivity index (χ1n) is 7.39. The standard InChI is InChI=1S/C19H21NO3/c1-14(17-13-16(22-2)10-11-18(17)23-3)20-19(21)12-9-15-7-5-4-6-8-15/h4-14H,1-3H3,(H,20,21)/b12-9+/t14-/m1/s1. The van der Waals surface area contributed by atoms with Crippen molar-refractivity contribution in [3.8, 4) is 11.5 Å². The number of rotatable bonds is 6. The number of nitrogens with one attached hydrogen (secondary N) is 1. The summed E-state index contributed by atoms with van der Waals surface area (Å²) in [5, 5.41) is 2.93. The SMILES string of the molecule is COc1ccc(OC)c([C@@H](C)NC(=O)/C=C/c2ccccc2)c1. The Morgan fingerprint density at radius 2 is 1.83 bits per heavy atom. The van der Waals surface area contributed by atoms with Gasteiger partial charge in [-0.25, -0.2) is 0 Å². The van der Waals surface area contributed by atoms with Crippen LogP contribution in [0.25, 0.3) is 6.08 Å². The van der Waals surface area contributed by atoms with E-state index in [1.54, 1.807) is 20.3 Å². The molecule has 2 aromatic carbocycles. The van der Waals surface area contributed by atoms with Gasteiger partial charge in [-0.05, 0) is 36.8 Å². The van der Waals surface area contributed by atoms with Crippen molar-refractivity contribution < 1.29 is 14.3 Å². The van der Waals surface area contributed by atoms with Gasteiger partial charge in [0.2, 0.25) is 5.91 Å². The second-order valence-electron chi connectivity index (χ2n) is 5.08. The third-order valence-electron chi connectivity index (χ3n) is 3.49. The third-order valence-corrected chi connectivity index (χ3v) is 3.49. The first-order chi connectivity index (χ1) is 11.1. The zero-order chi connectivity index (χ0) is 16.7. The van der Waals surface area contributed by atoms with E-state index in [9.17, 15) is 4.79 Å². The Kier molecular flexibility index (Phi) is 5.80. The lowest BCUT2D eigenvalue weighted by Crippen LogP contribution is -2.25. The molecule has 0 aliphatic rings. The molecule has 0 fully saturated rings. The van der Waals surface area contributed by atoms with Crippen LogP contribution in [-0.4, -0.2) is 20.1 Å². The molecule has 0 aliphatic heterocycles. The highest BCUT2D eigenvalue weighted by atomic mass is 16.5. The Bertz CT molecular complexity index is 680. The molecular formula is C19H21NO3. The van der Waals surface area contributed by atoms with E-state index in [-0.39, 0.29) is 11.9 Å². The van der Waals surface area contributed by atoms with Gasteiger partial charge in [-0.3, -0.25) is 4.79 Å². The van der Waals surface area contributed by atoms with Gasteiger partial charge in [0.1, 0.15) is 11.5 Å². The topological polar surface area (TPSA) is 47.6 Å². The number of methoxy groups -OCH3 is 2. The van der Waals surface area contributed by atoms with Crippen molar-refractivity contribution in [2.24, 2.45) is 0 Å². The summed E-state index contributed by atoms with van der Waals surface area (Å²) in [4.78, 5) is 12.1. The number of carbonyl (C=O) groups is 1. The molecule has 0 unspecified atom stereocenters. The van der Waals surface area contributed by atoms with Gasteiger partial charge < -0.3 is 14.8 Å². The number of carbonyl (C=O) groups excluding carboxylic acids is 1. The fourth-order valence-corrected chi connectivity index (χ4v) is 2.25. The van der Waals surface area contributed by atoms with E-state index in [0.717, 1.165) is 16.9 Å². The van der Waals surface area contributed by atoms with E-state index >= 15 is 0 Å². The summed E-state index contributed by atoms with van der Waals surface area (Å²) in [6.45, 7) is 1.91. The molecule has 0 aliphatic carbocycles.